The molecule has 1 amide bonds. The maximum absolute atomic E-state index is 11.1. The summed E-state index contributed by atoms with van der Waals surface area (Å²) in [6, 6.07) is 0.391. The number of carbonyl (C=O) groups is 1. The molecule has 1 aliphatic carbocycles. The van der Waals surface area contributed by atoms with Gasteiger partial charge in [0.25, 0.3) is 0 Å². The average Bonchev–Trinajstić information content (AvgIpc) is 2.90. The Morgan fingerprint density at radius 1 is 1.62 bits per heavy atom. The van der Waals surface area contributed by atoms with Crippen molar-refractivity contribution in [2.45, 2.75) is 18.9 Å². The highest BCUT2D eigenvalue weighted by atomic mass is 16.2. The quantitative estimate of drug-likeness (QED) is 0.183. The Hall–Kier alpha value is -1.30. The summed E-state index contributed by atoms with van der Waals surface area (Å²) in [6.45, 7) is 0.202. The Balaban J connectivity index is 2.12. The minimum atomic E-state index is -0.0288. The minimum Gasteiger partial charge on any atom is -0.352 e. The van der Waals surface area contributed by atoms with E-state index in [-0.39, 0.29) is 12.5 Å². The van der Waals surface area contributed by atoms with E-state index in [1.54, 1.807) is 7.05 Å². The highest BCUT2D eigenvalue weighted by Crippen LogP contribution is 2.17. The van der Waals surface area contributed by atoms with Crippen LogP contribution in [0.25, 0.3) is 0 Å². The predicted molar refractivity (Wildman–Crippen MR) is 49.8 cm³/mol. The van der Waals surface area contributed by atoms with Crippen molar-refractivity contribution in [2.24, 2.45) is 10.8 Å². The van der Waals surface area contributed by atoms with Crippen molar-refractivity contribution in [3.05, 3.63) is 0 Å². The SMILES string of the molecule is CN=C(NN)NCC(=O)NC1CC1. The number of nitrogens with zero attached hydrogens (tertiary/aromatic N) is 1. The van der Waals surface area contributed by atoms with Gasteiger partial charge in [-0.25, -0.2) is 5.84 Å². The summed E-state index contributed by atoms with van der Waals surface area (Å²) in [5, 5.41) is 5.59. The molecule has 0 unspecified atom stereocenters. The molecule has 0 spiro atoms. The van der Waals surface area contributed by atoms with Crippen molar-refractivity contribution in [3.63, 3.8) is 0 Å². The Morgan fingerprint density at radius 3 is 2.77 bits per heavy atom. The van der Waals surface area contributed by atoms with Crippen LogP contribution in [0, 0.1) is 0 Å². The van der Waals surface area contributed by atoms with Gasteiger partial charge >= 0.3 is 0 Å². The van der Waals surface area contributed by atoms with E-state index in [1.807, 2.05) is 0 Å². The van der Waals surface area contributed by atoms with Gasteiger partial charge in [-0.2, -0.15) is 0 Å². The fraction of sp³-hybridized carbons (Fsp3) is 0.714. The Morgan fingerprint density at radius 2 is 2.31 bits per heavy atom. The van der Waals surface area contributed by atoms with Gasteiger partial charge in [0.1, 0.15) is 0 Å². The molecule has 13 heavy (non-hydrogen) atoms. The van der Waals surface area contributed by atoms with Crippen LogP contribution in [0.3, 0.4) is 0 Å². The van der Waals surface area contributed by atoms with Crippen molar-refractivity contribution >= 4 is 11.9 Å². The highest BCUT2D eigenvalue weighted by molar-refractivity contribution is 5.86. The molecule has 0 heterocycles. The zero-order valence-electron chi connectivity index (χ0n) is 7.63. The van der Waals surface area contributed by atoms with Crippen molar-refractivity contribution in [1.82, 2.24) is 16.1 Å². The van der Waals surface area contributed by atoms with Crippen LogP contribution in [-0.2, 0) is 4.79 Å². The van der Waals surface area contributed by atoms with Crippen LogP contribution < -0.4 is 21.9 Å². The summed E-state index contributed by atoms with van der Waals surface area (Å²) in [5.41, 5.74) is 2.33. The van der Waals surface area contributed by atoms with Gasteiger partial charge in [-0.15, -0.1) is 0 Å². The van der Waals surface area contributed by atoms with Crippen LogP contribution in [0.5, 0.6) is 0 Å². The normalized spacial score (nSPS) is 16.6. The first-order valence-electron chi connectivity index (χ1n) is 4.23. The van der Waals surface area contributed by atoms with Gasteiger partial charge in [0, 0.05) is 13.1 Å². The highest BCUT2D eigenvalue weighted by Gasteiger charge is 2.22. The molecule has 0 aromatic heterocycles. The molecular weight excluding hydrogens is 170 g/mol. The van der Waals surface area contributed by atoms with Gasteiger partial charge in [0.2, 0.25) is 11.9 Å². The van der Waals surface area contributed by atoms with Crippen LogP contribution in [0.15, 0.2) is 4.99 Å². The molecule has 0 atom stereocenters. The fourth-order valence-corrected chi connectivity index (χ4v) is 0.865. The summed E-state index contributed by atoms with van der Waals surface area (Å²) in [7, 11) is 1.58. The smallest absolute Gasteiger partial charge is 0.239 e. The predicted octanol–water partition coefficient (Wildman–Crippen LogP) is -1.70. The number of nitrogens with two attached hydrogens (primary N) is 1. The summed E-state index contributed by atoms with van der Waals surface area (Å²) >= 11 is 0. The number of hydrogen-bond acceptors (Lipinski definition) is 3. The number of aliphatic imine (C=N–C) groups is 1. The largest absolute Gasteiger partial charge is 0.352 e. The van der Waals surface area contributed by atoms with E-state index in [2.05, 4.69) is 21.1 Å². The third kappa shape index (κ3) is 3.75. The lowest BCUT2D eigenvalue weighted by Crippen LogP contribution is -2.46. The molecule has 1 rings (SSSR count). The second-order valence-electron chi connectivity index (χ2n) is 2.91. The molecule has 0 aliphatic heterocycles. The van der Waals surface area contributed by atoms with E-state index in [9.17, 15) is 4.79 Å². The van der Waals surface area contributed by atoms with Crippen molar-refractivity contribution < 1.29 is 4.79 Å². The summed E-state index contributed by atoms with van der Waals surface area (Å²) < 4.78 is 0. The molecule has 74 valence electrons. The second-order valence-corrected chi connectivity index (χ2v) is 2.91. The zero-order chi connectivity index (χ0) is 9.68. The monoisotopic (exact) mass is 185 g/mol. The molecule has 1 saturated carbocycles. The summed E-state index contributed by atoms with van der Waals surface area (Å²) in [5.74, 6) is 5.49. The fourth-order valence-electron chi connectivity index (χ4n) is 0.865. The van der Waals surface area contributed by atoms with E-state index in [1.165, 1.54) is 0 Å². The van der Waals surface area contributed by atoms with E-state index in [4.69, 9.17) is 5.84 Å². The maximum atomic E-state index is 11.1. The number of rotatable bonds is 3. The molecule has 0 aromatic carbocycles. The van der Waals surface area contributed by atoms with Gasteiger partial charge in [-0.1, -0.05) is 0 Å². The van der Waals surface area contributed by atoms with Gasteiger partial charge in [0.05, 0.1) is 6.54 Å². The molecule has 1 aliphatic rings. The number of carbonyl (C=O) groups excluding carboxylic acids is 1. The first kappa shape index (κ1) is 9.79. The van der Waals surface area contributed by atoms with E-state index in [0.717, 1.165) is 12.8 Å². The number of hydrazine groups is 1. The van der Waals surface area contributed by atoms with Gasteiger partial charge < -0.3 is 10.6 Å². The standard InChI is InChI=1S/C7H15N5O/c1-9-7(12-8)10-4-6(13)11-5-2-3-5/h5H,2-4,8H2,1H3,(H,11,13)(H2,9,10,12). The lowest BCUT2D eigenvalue weighted by molar-refractivity contribution is -0.120. The molecule has 1 fully saturated rings. The molecule has 0 saturated heterocycles. The summed E-state index contributed by atoms with van der Waals surface area (Å²) in [6.07, 6.45) is 2.19. The molecule has 0 radical (unpaired) electrons. The van der Waals surface area contributed by atoms with Gasteiger partial charge in [-0.05, 0) is 12.8 Å². The number of nitrogens with one attached hydrogen (secondary N) is 3. The summed E-state index contributed by atoms with van der Waals surface area (Å²) in [4.78, 5) is 14.9. The minimum absolute atomic E-state index is 0.0288. The van der Waals surface area contributed by atoms with Crippen molar-refractivity contribution in [1.29, 1.82) is 0 Å². The van der Waals surface area contributed by atoms with Crippen molar-refractivity contribution in [2.75, 3.05) is 13.6 Å². The molecule has 5 N–H and O–H groups in total. The molecular formula is C7H15N5O. The lowest BCUT2D eigenvalue weighted by Gasteiger charge is -2.07. The van der Waals surface area contributed by atoms with Crippen LogP contribution in [0.4, 0.5) is 0 Å². The van der Waals surface area contributed by atoms with Gasteiger partial charge in [-0.3, -0.25) is 15.2 Å². The third-order valence-electron chi connectivity index (χ3n) is 1.72. The Bertz CT molecular complexity index is 211. The third-order valence-corrected chi connectivity index (χ3v) is 1.72. The lowest BCUT2D eigenvalue weighted by atomic mass is 10.5. The molecule has 6 heteroatoms. The van der Waals surface area contributed by atoms with Crippen LogP contribution in [0.1, 0.15) is 12.8 Å². The van der Waals surface area contributed by atoms with Crippen LogP contribution in [0.2, 0.25) is 0 Å². The van der Waals surface area contributed by atoms with E-state index < -0.39 is 0 Å². The van der Waals surface area contributed by atoms with E-state index >= 15 is 0 Å². The zero-order valence-corrected chi connectivity index (χ0v) is 7.63. The number of hydrogen-bond donors (Lipinski definition) is 4. The molecule has 6 nitrogen and oxygen atoms in total. The van der Waals surface area contributed by atoms with E-state index in [0.29, 0.717) is 12.0 Å². The second kappa shape index (κ2) is 4.66. The van der Waals surface area contributed by atoms with Gasteiger partial charge in [0.15, 0.2) is 0 Å². The Kier molecular flexibility index (Phi) is 3.51. The first-order valence-corrected chi connectivity index (χ1v) is 4.23. The topological polar surface area (TPSA) is 91.5 Å². The molecule has 0 bridgehead atoms. The first-order chi connectivity index (χ1) is 6.26. The number of amides is 1. The number of guanidine groups is 1. The van der Waals surface area contributed by atoms with Crippen LogP contribution >= 0.6 is 0 Å². The van der Waals surface area contributed by atoms with Crippen LogP contribution in [-0.4, -0.2) is 31.5 Å². The maximum Gasteiger partial charge on any atom is 0.239 e. The Labute approximate surface area is 76.9 Å². The molecule has 0 aromatic rings. The average molecular weight is 185 g/mol. The van der Waals surface area contributed by atoms with Crippen molar-refractivity contribution in [3.8, 4) is 0 Å².